The Hall–Kier alpha value is -1.60. The number of rotatable bonds is 2. The summed E-state index contributed by atoms with van der Waals surface area (Å²) in [7, 11) is 0. The van der Waals surface area contributed by atoms with Gasteiger partial charge < -0.3 is 5.11 Å². The quantitative estimate of drug-likeness (QED) is 0.790. The molecule has 0 spiro atoms. The van der Waals surface area contributed by atoms with Crippen molar-refractivity contribution in [1.29, 1.82) is 0 Å². The lowest BCUT2D eigenvalue weighted by Gasteiger charge is -2.45. The Morgan fingerprint density at radius 3 is 1.48 bits per heavy atom. The van der Waals surface area contributed by atoms with Crippen LogP contribution in [0.5, 0.6) is 0 Å². The van der Waals surface area contributed by atoms with Crippen LogP contribution in [-0.2, 0) is 0 Å². The fraction of sp³-hybridized carbons (Fsp3) is 0.455. The molecule has 0 bridgehead atoms. The van der Waals surface area contributed by atoms with Gasteiger partial charge in [0.1, 0.15) is 0 Å². The predicted molar refractivity (Wildman–Crippen MR) is 96.6 cm³/mol. The minimum atomic E-state index is -0.307. The second-order valence-electron chi connectivity index (χ2n) is 8.06. The van der Waals surface area contributed by atoms with E-state index in [2.05, 4.69) is 81.4 Å². The van der Waals surface area contributed by atoms with Gasteiger partial charge in [-0.1, -0.05) is 81.4 Å². The van der Waals surface area contributed by atoms with Gasteiger partial charge in [-0.25, -0.2) is 0 Å². The van der Waals surface area contributed by atoms with Gasteiger partial charge in [0.15, 0.2) is 0 Å². The molecule has 0 unspecified atom stereocenters. The first-order valence-corrected chi connectivity index (χ1v) is 8.75. The normalized spacial score (nSPS) is 28.5. The van der Waals surface area contributed by atoms with Crippen LogP contribution in [-0.4, -0.2) is 11.2 Å². The van der Waals surface area contributed by atoms with Crippen LogP contribution in [0.15, 0.2) is 60.7 Å². The first kappa shape index (κ1) is 16.3. The van der Waals surface area contributed by atoms with Crippen molar-refractivity contribution in [2.75, 3.05) is 0 Å². The van der Waals surface area contributed by atoms with Gasteiger partial charge in [-0.15, -0.1) is 0 Å². The summed E-state index contributed by atoms with van der Waals surface area (Å²) in [6.45, 7) is 7.00. The summed E-state index contributed by atoms with van der Waals surface area (Å²) in [5.74, 6) is 1.06. The summed E-state index contributed by atoms with van der Waals surface area (Å²) in [4.78, 5) is 0. The Kier molecular flexibility index (Phi) is 4.59. The van der Waals surface area contributed by atoms with E-state index in [1.807, 2.05) is 0 Å². The molecule has 1 aliphatic carbocycles. The molecule has 23 heavy (non-hydrogen) atoms. The van der Waals surface area contributed by atoms with E-state index in [1.54, 1.807) is 0 Å². The Bertz CT molecular complexity index is 562. The lowest BCUT2D eigenvalue weighted by atomic mass is 9.62. The summed E-state index contributed by atoms with van der Waals surface area (Å²) >= 11 is 0. The van der Waals surface area contributed by atoms with Gasteiger partial charge in [0.2, 0.25) is 0 Å². The van der Waals surface area contributed by atoms with E-state index in [-0.39, 0.29) is 23.4 Å². The van der Waals surface area contributed by atoms with Crippen molar-refractivity contribution >= 4 is 0 Å². The molecule has 2 aromatic rings. The molecule has 0 heterocycles. The molecule has 0 aromatic heterocycles. The molecule has 0 amide bonds. The lowest BCUT2D eigenvalue weighted by Crippen LogP contribution is -2.38. The molecule has 1 heteroatoms. The Labute approximate surface area is 140 Å². The van der Waals surface area contributed by atoms with Crippen LogP contribution < -0.4 is 0 Å². The molecular formula is C22H28O. The van der Waals surface area contributed by atoms with Crippen LogP contribution in [0.3, 0.4) is 0 Å². The maximum Gasteiger partial charge on any atom is 0.0677 e. The molecule has 0 saturated heterocycles. The largest absolute Gasteiger partial charge is 0.392 e. The van der Waals surface area contributed by atoms with Crippen molar-refractivity contribution in [3.05, 3.63) is 71.8 Å². The molecule has 2 atom stereocenters. The number of aliphatic hydroxyl groups is 1. The monoisotopic (exact) mass is 308 g/mol. The highest BCUT2D eigenvalue weighted by Crippen LogP contribution is 2.49. The van der Waals surface area contributed by atoms with E-state index in [0.29, 0.717) is 5.92 Å². The molecular weight excluding hydrogens is 280 g/mol. The minimum absolute atomic E-state index is 0.222. The van der Waals surface area contributed by atoms with Crippen LogP contribution >= 0.6 is 0 Å². The zero-order valence-electron chi connectivity index (χ0n) is 14.4. The first-order chi connectivity index (χ1) is 11.0. The van der Waals surface area contributed by atoms with E-state index < -0.39 is 0 Å². The molecule has 2 aromatic carbocycles. The van der Waals surface area contributed by atoms with E-state index >= 15 is 0 Å². The van der Waals surface area contributed by atoms with Crippen molar-refractivity contribution in [1.82, 2.24) is 0 Å². The first-order valence-electron chi connectivity index (χ1n) is 8.75. The summed E-state index contributed by atoms with van der Waals surface area (Å²) < 4.78 is 0. The topological polar surface area (TPSA) is 20.2 Å². The van der Waals surface area contributed by atoms with Crippen LogP contribution in [0.4, 0.5) is 0 Å². The number of aliphatic hydroxyl groups excluding tert-OH is 1. The Morgan fingerprint density at radius 2 is 1.13 bits per heavy atom. The average molecular weight is 308 g/mol. The van der Waals surface area contributed by atoms with Crippen molar-refractivity contribution in [3.8, 4) is 0 Å². The Morgan fingerprint density at radius 1 is 0.739 bits per heavy atom. The highest BCUT2D eigenvalue weighted by Gasteiger charge is 2.41. The molecule has 1 aliphatic rings. The minimum Gasteiger partial charge on any atom is -0.392 e. The third kappa shape index (κ3) is 3.50. The summed E-state index contributed by atoms with van der Waals surface area (Å²) in [6.07, 6.45) is 1.83. The average Bonchev–Trinajstić information content (AvgIpc) is 2.55. The third-order valence-electron chi connectivity index (χ3n) is 5.58. The van der Waals surface area contributed by atoms with E-state index in [4.69, 9.17) is 0 Å². The third-order valence-corrected chi connectivity index (χ3v) is 5.58. The molecule has 0 radical (unpaired) electrons. The van der Waals surface area contributed by atoms with E-state index in [0.717, 1.165) is 12.8 Å². The van der Waals surface area contributed by atoms with Crippen molar-refractivity contribution in [3.63, 3.8) is 0 Å². The SMILES string of the molecule is CC(C)(C)C1C[C@H](c2ccccc2)C(O)[C@@H](c2ccccc2)C1. The second-order valence-corrected chi connectivity index (χ2v) is 8.06. The number of hydrogen-bond donors (Lipinski definition) is 1. The maximum absolute atomic E-state index is 11.1. The maximum atomic E-state index is 11.1. The number of hydrogen-bond acceptors (Lipinski definition) is 1. The van der Waals surface area contributed by atoms with Gasteiger partial charge >= 0.3 is 0 Å². The number of benzene rings is 2. The fourth-order valence-corrected chi connectivity index (χ4v) is 4.04. The molecule has 122 valence electrons. The smallest absolute Gasteiger partial charge is 0.0677 e. The van der Waals surface area contributed by atoms with E-state index in [1.165, 1.54) is 11.1 Å². The van der Waals surface area contributed by atoms with Gasteiger partial charge in [0.05, 0.1) is 6.10 Å². The molecule has 1 nitrogen and oxygen atoms in total. The van der Waals surface area contributed by atoms with Crippen molar-refractivity contribution in [2.24, 2.45) is 11.3 Å². The molecule has 3 rings (SSSR count). The van der Waals surface area contributed by atoms with Crippen LogP contribution in [0.1, 0.15) is 56.6 Å². The highest BCUT2D eigenvalue weighted by molar-refractivity contribution is 5.28. The molecule has 0 aliphatic heterocycles. The van der Waals surface area contributed by atoms with Crippen molar-refractivity contribution in [2.45, 2.75) is 51.6 Å². The highest BCUT2D eigenvalue weighted by atomic mass is 16.3. The van der Waals surface area contributed by atoms with Crippen LogP contribution in [0.25, 0.3) is 0 Å². The Balaban J connectivity index is 1.96. The van der Waals surface area contributed by atoms with Gasteiger partial charge in [0, 0.05) is 11.8 Å². The van der Waals surface area contributed by atoms with Crippen LogP contribution in [0.2, 0.25) is 0 Å². The molecule has 1 saturated carbocycles. The molecule has 1 fully saturated rings. The zero-order chi connectivity index (χ0) is 16.4. The van der Waals surface area contributed by atoms with Gasteiger partial charge in [-0.05, 0) is 35.3 Å². The van der Waals surface area contributed by atoms with E-state index in [9.17, 15) is 5.11 Å². The van der Waals surface area contributed by atoms with Gasteiger partial charge in [0.25, 0.3) is 0 Å². The summed E-state index contributed by atoms with van der Waals surface area (Å²) in [6, 6.07) is 21.1. The second kappa shape index (κ2) is 6.49. The van der Waals surface area contributed by atoms with Gasteiger partial charge in [-0.2, -0.15) is 0 Å². The summed E-state index contributed by atoms with van der Waals surface area (Å²) in [5.41, 5.74) is 2.81. The standard InChI is InChI=1S/C22H28O/c1-22(2,3)18-14-19(16-10-6-4-7-11-16)21(23)20(15-18)17-12-8-5-9-13-17/h4-13,18-21,23H,14-15H2,1-3H3/t18?,19-,20-,21?/m1/s1. The van der Waals surface area contributed by atoms with Crippen LogP contribution in [0, 0.1) is 11.3 Å². The van der Waals surface area contributed by atoms with Crippen molar-refractivity contribution < 1.29 is 5.11 Å². The zero-order valence-corrected chi connectivity index (χ0v) is 14.4. The summed E-state index contributed by atoms with van der Waals surface area (Å²) in [5, 5.41) is 11.1. The fourth-order valence-electron chi connectivity index (χ4n) is 4.04. The lowest BCUT2D eigenvalue weighted by molar-refractivity contribution is 0.0309. The van der Waals surface area contributed by atoms with Gasteiger partial charge in [-0.3, -0.25) is 0 Å². The predicted octanol–water partition coefficient (Wildman–Crippen LogP) is 5.37. The molecule has 1 N–H and O–H groups in total.